The molecule has 1 unspecified atom stereocenters. The maximum atomic E-state index is 10.1. The van der Waals surface area contributed by atoms with Crippen molar-refractivity contribution >= 4 is 11.9 Å². The molecule has 1 aliphatic rings. The first-order valence-corrected chi connectivity index (χ1v) is 4.36. The quantitative estimate of drug-likeness (QED) is 0.486. The Kier molecular flexibility index (Phi) is 1.99. The largest absolute Gasteiger partial charge is 0.359 e. The molecule has 0 aliphatic heterocycles. The minimum absolute atomic E-state index is 0.413. The predicted octanol–water partition coefficient (Wildman–Crippen LogP) is 1.77. The van der Waals surface area contributed by atoms with Crippen molar-refractivity contribution in [3.05, 3.63) is 11.3 Å². The first-order valence-electron chi connectivity index (χ1n) is 4.36. The van der Waals surface area contributed by atoms with Crippen molar-refractivity contribution in [2.75, 3.05) is 0 Å². The highest BCUT2D eigenvalue weighted by molar-refractivity contribution is 5.50. The number of aliphatic imine (C=N–C) groups is 1. The zero-order valence-corrected chi connectivity index (χ0v) is 7.41. The van der Waals surface area contributed by atoms with E-state index in [1.807, 2.05) is 0 Å². The van der Waals surface area contributed by atoms with E-state index in [-0.39, 0.29) is 0 Å². The molecule has 0 saturated carbocycles. The Morgan fingerprint density at radius 3 is 3.31 bits per heavy atom. The zero-order valence-electron chi connectivity index (χ0n) is 7.41. The summed E-state index contributed by atoms with van der Waals surface area (Å²) in [5, 5.41) is 3.72. The topological polar surface area (TPSA) is 55.5 Å². The SMILES string of the molecule is CC1CCc2onc(N=C=O)c2C1. The van der Waals surface area contributed by atoms with E-state index in [1.165, 1.54) is 6.08 Å². The molecule has 1 aromatic rings. The van der Waals surface area contributed by atoms with E-state index >= 15 is 0 Å². The molecule has 1 heterocycles. The number of hydrogen-bond donors (Lipinski definition) is 0. The van der Waals surface area contributed by atoms with E-state index in [1.54, 1.807) is 0 Å². The Labute approximate surface area is 75.6 Å². The fourth-order valence-corrected chi connectivity index (χ4v) is 1.69. The number of carbonyl (C=O) groups excluding carboxylic acids is 1. The van der Waals surface area contributed by atoms with Gasteiger partial charge in [0.1, 0.15) is 5.76 Å². The van der Waals surface area contributed by atoms with Crippen LogP contribution in [-0.2, 0) is 17.6 Å². The first-order chi connectivity index (χ1) is 6.31. The van der Waals surface area contributed by atoms with Crippen molar-refractivity contribution in [1.82, 2.24) is 5.16 Å². The van der Waals surface area contributed by atoms with Crippen molar-refractivity contribution in [2.24, 2.45) is 10.9 Å². The summed E-state index contributed by atoms with van der Waals surface area (Å²) in [7, 11) is 0. The number of aromatic nitrogens is 1. The fourth-order valence-electron chi connectivity index (χ4n) is 1.69. The molecular formula is C9H10N2O2. The van der Waals surface area contributed by atoms with Gasteiger partial charge in [-0.2, -0.15) is 0 Å². The third-order valence-corrected chi connectivity index (χ3v) is 2.42. The number of fused-ring (bicyclic) bond motifs is 1. The van der Waals surface area contributed by atoms with E-state index in [2.05, 4.69) is 17.1 Å². The van der Waals surface area contributed by atoms with Crippen LogP contribution in [0.25, 0.3) is 0 Å². The molecule has 4 nitrogen and oxygen atoms in total. The number of isocyanates is 1. The molecule has 0 spiro atoms. The molecule has 0 amide bonds. The third kappa shape index (κ3) is 1.40. The lowest BCUT2D eigenvalue weighted by molar-refractivity contribution is 0.356. The first kappa shape index (κ1) is 8.20. The van der Waals surface area contributed by atoms with Crippen molar-refractivity contribution < 1.29 is 9.32 Å². The van der Waals surface area contributed by atoms with E-state index in [9.17, 15) is 4.79 Å². The van der Waals surface area contributed by atoms with E-state index in [0.717, 1.165) is 30.6 Å². The molecule has 0 N–H and O–H groups in total. The Balaban J connectivity index is 2.40. The fraction of sp³-hybridized carbons (Fsp3) is 0.556. The van der Waals surface area contributed by atoms with Crippen molar-refractivity contribution in [2.45, 2.75) is 26.2 Å². The minimum atomic E-state index is 0.413. The minimum Gasteiger partial charge on any atom is -0.359 e. The molecule has 0 saturated heterocycles. The van der Waals surface area contributed by atoms with Crippen LogP contribution in [0.4, 0.5) is 5.82 Å². The summed E-state index contributed by atoms with van der Waals surface area (Å²) in [4.78, 5) is 13.6. The van der Waals surface area contributed by atoms with Crippen molar-refractivity contribution in [3.63, 3.8) is 0 Å². The monoisotopic (exact) mass is 178 g/mol. The summed E-state index contributed by atoms with van der Waals surface area (Å²) in [5.41, 5.74) is 0.988. The summed E-state index contributed by atoms with van der Waals surface area (Å²) < 4.78 is 5.07. The van der Waals surface area contributed by atoms with Crippen LogP contribution in [0.1, 0.15) is 24.7 Å². The van der Waals surface area contributed by atoms with E-state index < -0.39 is 0 Å². The van der Waals surface area contributed by atoms with Crippen LogP contribution in [0.2, 0.25) is 0 Å². The molecule has 68 valence electrons. The van der Waals surface area contributed by atoms with Crippen molar-refractivity contribution in [3.8, 4) is 0 Å². The second-order valence-corrected chi connectivity index (χ2v) is 3.46. The van der Waals surface area contributed by atoms with Gasteiger partial charge in [0, 0.05) is 12.0 Å². The molecule has 1 atom stereocenters. The lowest BCUT2D eigenvalue weighted by atomic mass is 9.89. The van der Waals surface area contributed by atoms with Crippen molar-refractivity contribution in [1.29, 1.82) is 0 Å². The van der Waals surface area contributed by atoms with Crippen LogP contribution < -0.4 is 0 Å². The average Bonchev–Trinajstić information content (AvgIpc) is 2.49. The lowest BCUT2D eigenvalue weighted by Gasteiger charge is -2.15. The standard InChI is InChI=1S/C9H10N2O2/c1-6-2-3-8-7(4-6)9(10-5-12)11-13-8/h6H,2-4H2,1H3. The van der Waals surface area contributed by atoms with Crippen LogP contribution >= 0.6 is 0 Å². The number of hydrogen-bond acceptors (Lipinski definition) is 4. The number of nitrogens with zero attached hydrogens (tertiary/aromatic N) is 2. The summed E-state index contributed by atoms with van der Waals surface area (Å²) in [6.45, 7) is 2.17. The van der Waals surface area contributed by atoms with Crippen LogP contribution in [0.3, 0.4) is 0 Å². The highest BCUT2D eigenvalue weighted by atomic mass is 16.5. The van der Waals surface area contributed by atoms with Gasteiger partial charge in [-0.3, -0.25) is 0 Å². The maximum Gasteiger partial charge on any atom is 0.242 e. The normalized spacial score (nSPS) is 20.5. The average molecular weight is 178 g/mol. The van der Waals surface area contributed by atoms with E-state index in [4.69, 9.17) is 4.52 Å². The maximum absolute atomic E-state index is 10.1. The Bertz CT molecular complexity index is 364. The van der Waals surface area contributed by atoms with Gasteiger partial charge in [-0.25, -0.2) is 4.79 Å². The Morgan fingerprint density at radius 2 is 2.54 bits per heavy atom. The predicted molar refractivity (Wildman–Crippen MR) is 45.5 cm³/mol. The van der Waals surface area contributed by atoms with Gasteiger partial charge < -0.3 is 4.52 Å². The van der Waals surface area contributed by atoms with Gasteiger partial charge in [0.05, 0.1) is 0 Å². The second-order valence-electron chi connectivity index (χ2n) is 3.46. The molecule has 1 aromatic heterocycles. The van der Waals surface area contributed by atoms with Crippen LogP contribution in [-0.4, -0.2) is 11.2 Å². The summed E-state index contributed by atoms with van der Waals surface area (Å²) in [6.07, 6.45) is 4.41. The molecule has 2 rings (SSSR count). The van der Waals surface area contributed by atoms with Gasteiger partial charge >= 0.3 is 0 Å². The molecule has 4 heteroatoms. The molecule has 1 aliphatic carbocycles. The second kappa shape index (κ2) is 3.15. The number of aryl methyl sites for hydroxylation is 1. The third-order valence-electron chi connectivity index (χ3n) is 2.42. The molecule has 0 radical (unpaired) electrons. The molecular weight excluding hydrogens is 168 g/mol. The zero-order chi connectivity index (χ0) is 9.26. The molecule has 0 bridgehead atoms. The highest BCUT2D eigenvalue weighted by Crippen LogP contribution is 2.31. The van der Waals surface area contributed by atoms with Crippen LogP contribution in [0.15, 0.2) is 9.52 Å². The summed E-state index contributed by atoms with van der Waals surface area (Å²) in [6, 6.07) is 0. The van der Waals surface area contributed by atoms with Gasteiger partial charge in [-0.15, -0.1) is 4.99 Å². The van der Waals surface area contributed by atoms with Gasteiger partial charge in [0.25, 0.3) is 0 Å². The molecule has 0 fully saturated rings. The Morgan fingerprint density at radius 1 is 1.69 bits per heavy atom. The van der Waals surface area contributed by atoms with Gasteiger partial charge in [-0.05, 0) is 18.8 Å². The van der Waals surface area contributed by atoms with Gasteiger partial charge in [-0.1, -0.05) is 12.1 Å². The summed E-state index contributed by atoms with van der Waals surface area (Å²) in [5.74, 6) is 1.91. The lowest BCUT2D eigenvalue weighted by Crippen LogP contribution is -2.08. The summed E-state index contributed by atoms with van der Waals surface area (Å²) >= 11 is 0. The van der Waals surface area contributed by atoms with Crippen LogP contribution in [0, 0.1) is 5.92 Å². The molecule has 0 aromatic carbocycles. The van der Waals surface area contributed by atoms with E-state index in [0.29, 0.717) is 11.7 Å². The smallest absolute Gasteiger partial charge is 0.242 e. The van der Waals surface area contributed by atoms with Gasteiger partial charge in [0.15, 0.2) is 0 Å². The molecule has 13 heavy (non-hydrogen) atoms. The number of rotatable bonds is 1. The highest BCUT2D eigenvalue weighted by Gasteiger charge is 2.23. The van der Waals surface area contributed by atoms with Crippen LogP contribution in [0.5, 0.6) is 0 Å². The Hall–Kier alpha value is -1.41. The van der Waals surface area contributed by atoms with Gasteiger partial charge in [0.2, 0.25) is 11.9 Å².